The van der Waals surface area contributed by atoms with Gasteiger partial charge in [-0.2, -0.15) is 0 Å². The Morgan fingerprint density at radius 1 is 1.08 bits per heavy atom. The first-order valence-electron chi connectivity index (χ1n) is 18.9. The van der Waals surface area contributed by atoms with Crippen molar-refractivity contribution >= 4 is 35.2 Å². The standard InChI is InChI=1S/C37H58BN5O8S/c1-10-13-31(38-50-30-17-25-16-28(36(25,5)6)37(30,7)51-38)40-32(44)27-18-26(49-34(46)42-19-23-14-11-12-15-24(23)20-42)21-43(27)33(45)39-29(35(2,3)4)22-41(8)52(9,47)48/h11-12,14-15,25-31H,10,13,16-22H2,1-9H3,(H,39,45)(H,40,44)/t25-,26+,27-,28-,29+,30+,31-,37-/m0/s1. The molecular formula is C37H58BN5O8S. The summed E-state index contributed by atoms with van der Waals surface area (Å²) in [6, 6.07) is 5.78. The van der Waals surface area contributed by atoms with Crippen molar-refractivity contribution in [2.45, 2.75) is 129 Å². The van der Waals surface area contributed by atoms with Crippen LogP contribution in [0.4, 0.5) is 9.59 Å². The van der Waals surface area contributed by atoms with Crippen molar-refractivity contribution in [3.63, 3.8) is 0 Å². The van der Waals surface area contributed by atoms with E-state index in [-0.39, 0.29) is 36.9 Å². The van der Waals surface area contributed by atoms with Crippen LogP contribution in [-0.2, 0) is 42.0 Å². The summed E-state index contributed by atoms with van der Waals surface area (Å²) >= 11 is 0. The summed E-state index contributed by atoms with van der Waals surface area (Å²) < 4.78 is 45.1. The maximum Gasteiger partial charge on any atom is 0.481 e. The van der Waals surface area contributed by atoms with Gasteiger partial charge in [0, 0.05) is 39.1 Å². The molecule has 2 saturated heterocycles. The molecular weight excluding hydrogens is 685 g/mol. The molecule has 8 atom stereocenters. The van der Waals surface area contributed by atoms with Gasteiger partial charge < -0.3 is 29.6 Å². The second-order valence-corrected chi connectivity index (χ2v) is 19.8. The third-order valence-electron chi connectivity index (χ3n) is 12.8. The average Bonchev–Trinajstić information content (AvgIpc) is 3.77. The molecule has 0 aromatic heterocycles. The summed E-state index contributed by atoms with van der Waals surface area (Å²) in [5, 5.41) is 6.21. The van der Waals surface area contributed by atoms with Gasteiger partial charge in [0.15, 0.2) is 0 Å². The average molecular weight is 744 g/mol. The van der Waals surface area contributed by atoms with Gasteiger partial charge in [0.25, 0.3) is 0 Å². The van der Waals surface area contributed by atoms with Gasteiger partial charge in [0.1, 0.15) is 12.1 Å². The van der Waals surface area contributed by atoms with E-state index < -0.39 is 64.4 Å². The fourth-order valence-electron chi connectivity index (χ4n) is 9.13. The first-order valence-corrected chi connectivity index (χ1v) is 20.7. The van der Waals surface area contributed by atoms with E-state index in [1.54, 1.807) is 4.90 Å². The monoisotopic (exact) mass is 743 g/mol. The smallest absolute Gasteiger partial charge is 0.444 e. The van der Waals surface area contributed by atoms with Crippen LogP contribution in [0.2, 0.25) is 0 Å². The summed E-state index contributed by atoms with van der Waals surface area (Å²) in [4.78, 5) is 44.9. The van der Waals surface area contributed by atoms with Gasteiger partial charge in [-0.1, -0.05) is 72.2 Å². The molecule has 3 aliphatic heterocycles. The number of nitrogens with one attached hydrogen (secondary N) is 2. The van der Waals surface area contributed by atoms with E-state index in [1.807, 2.05) is 52.0 Å². The highest BCUT2D eigenvalue weighted by Gasteiger charge is 2.68. The lowest BCUT2D eigenvalue weighted by Gasteiger charge is -2.64. The molecule has 1 aromatic carbocycles. The largest absolute Gasteiger partial charge is 0.481 e. The number of benzene rings is 1. The molecule has 0 spiro atoms. The molecule has 5 fully saturated rings. The molecule has 2 bridgehead atoms. The van der Waals surface area contributed by atoms with Crippen LogP contribution in [0.3, 0.4) is 0 Å². The van der Waals surface area contributed by atoms with Crippen LogP contribution in [0, 0.1) is 22.7 Å². The number of amides is 4. The van der Waals surface area contributed by atoms with Crippen molar-refractivity contribution in [1.82, 2.24) is 24.7 Å². The topological polar surface area (TPSA) is 147 Å². The Kier molecular flexibility index (Phi) is 10.5. The number of carbonyl (C=O) groups excluding carboxylic acids is 3. The molecule has 15 heteroatoms. The van der Waals surface area contributed by atoms with Crippen LogP contribution < -0.4 is 10.6 Å². The van der Waals surface area contributed by atoms with Gasteiger partial charge in [-0.15, -0.1) is 0 Å². The van der Waals surface area contributed by atoms with E-state index >= 15 is 0 Å². The highest BCUT2D eigenvalue weighted by Crippen LogP contribution is 2.65. The lowest BCUT2D eigenvalue weighted by molar-refractivity contribution is -0.199. The minimum atomic E-state index is -3.52. The Morgan fingerprint density at radius 2 is 1.73 bits per heavy atom. The van der Waals surface area contributed by atoms with Gasteiger partial charge in [0.2, 0.25) is 15.9 Å². The second kappa shape index (κ2) is 14.1. The minimum absolute atomic E-state index is 0.00238. The molecule has 4 amide bonds. The number of hydrogen-bond acceptors (Lipinski definition) is 8. The minimum Gasteiger partial charge on any atom is -0.444 e. The maximum absolute atomic E-state index is 14.3. The number of fused-ring (bicyclic) bond motifs is 1. The molecule has 52 heavy (non-hydrogen) atoms. The molecule has 0 radical (unpaired) electrons. The number of rotatable bonds is 10. The number of urea groups is 1. The summed E-state index contributed by atoms with van der Waals surface area (Å²) in [6.45, 7) is 15.5. The number of sulfonamides is 1. The Labute approximate surface area is 310 Å². The number of nitrogens with zero attached hydrogens (tertiary/aromatic N) is 3. The summed E-state index contributed by atoms with van der Waals surface area (Å²) in [5.41, 5.74) is 1.34. The van der Waals surface area contributed by atoms with Gasteiger partial charge in [0.05, 0.1) is 30.4 Å². The molecule has 288 valence electrons. The van der Waals surface area contributed by atoms with E-state index in [0.29, 0.717) is 31.3 Å². The van der Waals surface area contributed by atoms with Gasteiger partial charge in [-0.3, -0.25) is 9.69 Å². The number of ether oxygens (including phenoxy) is 1. The third kappa shape index (κ3) is 7.43. The molecule has 7 rings (SSSR count). The van der Waals surface area contributed by atoms with E-state index in [9.17, 15) is 22.8 Å². The zero-order valence-corrected chi connectivity index (χ0v) is 33.1. The Bertz CT molecular complexity index is 1630. The van der Waals surface area contributed by atoms with Crippen LogP contribution >= 0.6 is 0 Å². The molecule has 1 aromatic rings. The lowest BCUT2D eigenvalue weighted by atomic mass is 9.43. The number of hydrogen-bond donors (Lipinski definition) is 2. The fraction of sp³-hybridized carbons (Fsp3) is 0.757. The molecule has 3 saturated carbocycles. The molecule has 3 heterocycles. The first-order chi connectivity index (χ1) is 24.2. The molecule has 0 unspecified atom stereocenters. The number of likely N-dealkylation sites (N-methyl/N-ethyl adjacent to an activating group) is 1. The molecule has 13 nitrogen and oxygen atoms in total. The van der Waals surface area contributed by atoms with Crippen LogP contribution in [0.1, 0.15) is 91.7 Å². The Morgan fingerprint density at radius 3 is 2.31 bits per heavy atom. The number of carbonyl (C=O) groups is 3. The zero-order valence-electron chi connectivity index (χ0n) is 32.3. The molecule has 2 N–H and O–H groups in total. The van der Waals surface area contributed by atoms with Crippen molar-refractivity contribution in [3.05, 3.63) is 35.4 Å². The summed E-state index contributed by atoms with van der Waals surface area (Å²) in [5.74, 6) is 0.141. The lowest BCUT2D eigenvalue weighted by Crippen LogP contribution is -2.65. The molecule has 6 aliphatic rings. The summed E-state index contributed by atoms with van der Waals surface area (Å²) in [6.07, 6.45) is 3.40. The quantitative estimate of drug-likeness (QED) is 0.340. The van der Waals surface area contributed by atoms with Gasteiger partial charge in [-0.05, 0) is 60.0 Å². The van der Waals surface area contributed by atoms with Crippen LogP contribution in [0.15, 0.2) is 24.3 Å². The predicted molar refractivity (Wildman–Crippen MR) is 197 cm³/mol. The first kappa shape index (κ1) is 38.8. The normalized spacial score (nSPS) is 30.3. The van der Waals surface area contributed by atoms with E-state index in [2.05, 4.69) is 31.4 Å². The predicted octanol–water partition coefficient (Wildman–Crippen LogP) is 4.15. The van der Waals surface area contributed by atoms with Crippen LogP contribution in [0.25, 0.3) is 0 Å². The summed E-state index contributed by atoms with van der Waals surface area (Å²) in [7, 11) is -2.67. The van der Waals surface area contributed by atoms with Crippen LogP contribution in [-0.4, -0.2) is 110 Å². The van der Waals surface area contributed by atoms with Gasteiger partial charge in [-0.25, -0.2) is 22.3 Å². The number of likely N-dealkylation sites (tertiary alicyclic amines) is 1. The fourth-order valence-corrected chi connectivity index (χ4v) is 9.55. The van der Waals surface area contributed by atoms with E-state index in [4.69, 9.17) is 14.0 Å². The second-order valence-electron chi connectivity index (χ2n) is 17.7. The highest BCUT2D eigenvalue weighted by molar-refractivity contribution is 7.88. The molecule has 3 aliphatic carbocycles. The zero-order chi connectivity index (χ0) is 38.0. The Hall–Kier alpha value is -2.88. The maximum atomic E-state index is 14.3. The van der Waals surface area contributed by atoms with E-state index in [1.165, 1.54) is 16.3 Å². The van der Waals surface area contributed by atoms with Crippen molar-refractivity contribution in [2.75, 3.05) is 26.4 Å². The SMILES string of the molecule is CCC[C@H](NC(=O)[C@@H]1C[C@@H](OC(=O)N2Cc3ccccc3C2)CN1C(=O)N[C@H](CN(C)S(C)(=O)=O)C(C)(C)C)B1O[C@@H]2C[C@@H]3C[C@@H](C3(C)C)[C@]2(C)O1. The van der Waals surface area contributed by atoms with E-state index in [0.717, 1.165) is 36.6 Å². The van der Waals surface area contributed by atoms with Crippen LogP contribution in [0.5, 0.6) is 0 Å². The van der Waals surface area contributed by atoms with Crippen molar-refractivity contribution < 1.29 is 36.8 Å². The Balaban J connectivity index is 1.19. The van der Waals surface area contributed by atoms with Crippen molar-refractivity contribution in [2.24, 2.45) is 22.7 Å². The highest BCUT2D eigenvalue weighted by atomic mass is 32.2. The van der Waals surface area contributed by atoms with Crippen molar-refractivity contribution in [1.29, 1.82) is 0 Å². The van der Waals surface area contributed by atoms with Gasteiger partial charge >= 0.3 is 19.2 Å². The third-order valence-corrected chi connectivity index (χ3v) is 14.0. The van der Waals surface area contributed by atoms with Crippen molar-refractivity contribution in [3.8, 4) is 0 Å².